The molecule has 0 saturated carbocycles. The molecule has 230 valence electrons. The Labute approximate surface area is 217 Å². The number of ether oxygens (including phenoxy) is 6. The normalized spacial score (nSPS) is 13.3. The fourth-order valence-corrected chi connectivity index (χ4v) is 1.83. The maximum absolute atomic E-state index is 15.0. The summed E-state index contributed by atoms with van der Waals surface area (Å²) in [7, 11) is 0. The lowest BCUT2D eigenvalue weighted by molar-refractivity contribution is -0.420. The van der Waals surface area contributed by atoms with Crippen molar-refractivity contribution in [2.45, 2.75) is 36.0 Å². The van der Waals surface area contributed by atoms with E-state index in [4.69, 9.17) is 0 Å². The lowest BCUT2D eigenvalue weighted by Gasteiger charge is -2.34. The number of hydrogen-bond donors (Lipinski definition) is 0. The minimum absolute atomic E-state index is 0.266. The molecule has 40 heavy (non-hydrogen) atoms. The van der Waals surface area contributed by atoms with Crippen molar-refractivity contribution < 1.29 is 91.1 Å². The third kappa shape index (κ3) is 11.5. The van der Waals surface area contributed by atoms with Crippen LogP contribution in [-0.2, 0) is 42.8 Å². The molecular weight excluding hydrogens is 593 g/mol. The van der Waals surface area contributed by atoms with Gasteiger partial charge in [-0.05, 0) is 0 Å². The van der Waals surface area contributed by atoms with Crippen LogP contribution < -0.4 is 0 Å². The molecule has 0 saturated heterocycles. The van der Waals surface area contributed by atoms with Crippen molar-refractivity contribution in [3.05, 3.63) is 38.0 Å². The van der Waals surface area contributed by atoms with E-state index in [1.807, 2.05) is 0 Å². The molecule has 0 aliphatic heterocycles. The van der Waals surface area contributed by atoms with Gasteiger partial charge < -0.3 is 23.7 Å². The molecule has 0 aromatic heterocycles. The third-order valence-electron chi connectivity index (χ3n) is 3.80. The fraction of sp³-hybridized carbons (Fsp3) is 0.550. The third-order valence-corrected chi connectivity index (χ3v) is 3.80. The van der Waals surface area contributed by atoms with Crippen molar-refractivity contribution in [1.82, 2.24) is 0 Å². The van der Waals surface area contributed by atoms with Gasteiger partial charge in [-0.1, -0.05) is 19.7 Å². The first-order valence-electron chi connectivity index (χ1n) is 9.92. The van der Waals surface area contributed by atoms with E-state index >= 15 is 4.39 Å². The van der Waals surface area contributed by atoms with Crippen molar-refractivity contribution in [2.75, 3.05) is 33.0 Å². The van der Waals surface area contributed by atoms with Crippen molar-refractivity contribution in [3.63, 3.8) is 0 Å². The molecule has 0 aromatic carbocycles. The molecular formula is C20H19F11O9. The van der Waals surface area contributed by atoms with Crippen molar-refractivity contribution >= 4 is 17.9 Å². The van der Waals surface area contributed by atoms with Gasteiger partial charge in [-0.25, -0.2) is 18.8 Å². The van der Waals surface area contributed by atoms with E-state index in [9.17, 15) is 58.3 Å². The molecule has 0 aromatic rings. The zero-order valence-corrected chi connectivity index (χ0v) is 19.7. The zero-order valence-electron chi connectivity index (χ0n) is 19.7. The smallest absolute Gasteiger partial charge is 0.423 e. The van der Waals surface area contributed by atoms with Crippen LogP contribution in [0.2, 0.25) is 0 Å². The topological polar surface area (TPSA) is 107 Å². The summed E-state index contributed by atoms with van der Waals surface area (Å²) in [5, 5.41) is 0. The molecule has 0 radical (unpaired) electrons. The highest BCUT2D eigenvalue weighted by atomic mass is 19.3. The van der Waals surface area contributed by atoms with Gasteiger partial charge >= 0.3 is 48.1 Å². The predicted molar refractivity (Wildman–Crippen MR) is 105 cm³/mol. The van der Waals surface area contributed by atoms with Crippen molar-refractivity contribution in [1.29, 1.82) is 0 Å². The highest BCUT2D eigenvalue weighted by molar-refractivity contribution is 5.81. The SMILES string of the molecule is C=CC(=O)OCC(F)(F)OC(F)(COC(F)(F)C(F)(F)COC(=O)C=C)COC(F)(F)C(F)(F)COC(=O)C=C. The Hall–Kier alpha value is -3.26. The predicted octanol–water partition coefficient (Wildman–Crippen LogP) is 3.94. The Morgan fingerprint density at radius 1 is 0.525 bits per heavy atom. The first kappa shape index (κ1) is 36.7. The number of carbonyl (C=O) groups is 3. The fourth-order valence-electron chi connectivity index (χ4n) is 1.83. The largest absolute Gasteiger partial charge is 0.456 e. The second kappa shape index (κ2) is 13.9. The minimum atomic E-state index is -5.91. The molecule has 0 spiro atoms. The average molecular weight is 612 g/mol. The molecule has 0 aliphatic rings. The maximum Gasteiger partial charge on any atom is 0.423 e. The Morgan fingerprint density at radius 2 is 0.825 bits per heavy atom. The van der Waals surface area contributed by atoms with Gasteiger partial charge in [0, 0.05) is 18.2 Å². The number of carbonyl (C=O) groups excluding carboxylic acids is 3. The van der Waals surface area contributed by atoms with Gasteiger partial charge in [0.25, 0.3) is 5.85 Å². The molecule has 0 aliphatic carbocycles. The van der Waals surface area contributed by atoms with Crippen LogP contribution in [-0.4, -0.2) is 87.0 Å². The van der Waals surface area contributed by atoms with Gasteiger partial charge in [0.15, 0.2) is 19.8 Å². The summed E-state index contributed by atoms with van der Waals surface area (Å²) in [6.07, 6.45) is -16.1. The van der Waals surface area contributed by atoms with E-state index in [1.165, 1.54) is 0 Å². The average Bonchev–Trinajstić information content (AvgIpc) is 2.86. The summed E-state index contributed by atoms with van der Waals surface area (Å²) in [4.78, 5) is 32.5. The Balaban J connectivity index is 5.94. The second-order valence-electron chi connectivity index (χ2n) is 7.08. The molecule has 0 rings (SSSR count). The van der Waals surface area contributed by atoms with E-state index in [0.717, 1.165) is 0 Å². The Bertz CT molecular complexity index is 887. The molecule has 0 amide bonds. The number of rotatable bonds is 19. The summed E-state index contributed by atoms with van der Waals surface area (Å²) in [5.74, 6) is -20.8. The standard InChI is InChI=1S/C20H19F11O9/c1-4-12(32)35-9-16(22,23)19(28,29)38-7-15(21,40-18(26,27)11-37-14(34)6-3)8-39-20(30,31)17(24,25)10-36-13(33)5-2/h4-6H,1-3,7-11H2. The molecule has 0 atom stereocenters. The molecule has 0 unspecified atom stereocenters. The molecule has 0 bridgehead atoms. The summed E-state index contributed by atoms with van der Waals surface area (Å²) in [6, 6.07) is 0. The van der Waals surface area contributed by atoms with Gasteiger partial charge in [0.2, 0.25) is 0 Å². The van der Waals surface area contributed by atoms with Crippen molar-refractivity contribution in [2.24, 2.45) is 0 Å². The quantitative estimate of drug-likeness (QED) is 0.0929. The molecule has 0 heterocycles. The number of halogens is 11. The lowest BCUT2D eigenvalue weighted by Crippen LogP contribution is -2.54. The monoisotopic (exact) mass is 612 g/mol. The summed E-state index contributed by atoms with van der Waals surface area (Å²) in [6.45, 7) is -4.55. The highest BCUT2D eigenvalue weighted by Gasteiger charge is 2.63. The van der Waals surface area contributed by atoms with Gasteiger partial charge in [-0.2, -0.15) is 43.9 Å². The molecule has 20 heteroatoms. The first-order chi connectivity index (χ1) is 18.0. The zero-order chi connectivity index (χ0) is 31.6. The molecule has 0 fully saturated rings. The van der Waals surface area contributed by atoms with Crippen LogP contribution in [0.4, 0.5) is 48.3 Å². The van der Waals surface area contributed by atoms with E-state index in [1.54, 1.807) is 0 Å². The summed E-state index contributed by atoms with van der Waals surface area (Å²) in [5.41, 5.74) is 0. The van der Waals surface area contributed by atoms with E-state index < -0.39 is 87.0 Å². The van der Waals surface area contributed by atoms with E-state index in [-0.39, 0.29) is 12.2 Å². The van der Waals surface area contributed by atoms with Gasteiger partial charge in [-0.3, -0.25) is 4.74 Å². The van der Waals surface area contributed by atoms with Crippen LogP contribution in [0.15, 0.2) is 38.0 Å². The minimum Gasteiger partial charge on any atom is -0.456 e. The van der Waals surface area contributed by atoms with Crippen LogP contribution in [0.3, 0.4) is 0 Å². The van der Waals surface area contributed by atoms with Crippen LogP contribution in [0, 0.1) is 0 Å². The van der Waals surface area contributed by atoms with Gasteiger partial charge in [0.05, 0.1) is 0 Å². The Morgan fingerprint density at radius 3 is 1.12 bits per heavy atom. The Kier molecular flexibility index (Phi) is 12.8. The van der Waals surface area contributed by atoms with Gasteiger partial charge in [0.1, 0.15) is 13.2 Å². The van der Waals surface area contributed by atoms with Crippen LogP contribution in [0.5, 0.6) is 0 Å². The lowest BCUT2D eigenvalue weighted by atomic mass is 10.3. The number of esters is 3. The summed E-state index contributed by atoms with van der Waals surface area (Å²) < 4.78 is 174. The molecule has 9 nitrogen and oxygen atoms in total. The maximum atomic E-state index is 15.0. The number of hydrogen-bond acceptors (Lipinski definition) is 9. The van der Waals surface area contributed by atoms with Crippen LogP contribution in [0.1, 0.15) is 0 Å². The highest BCUT2D eigenvalue weighted by Crippen LogP contribution is 2.40. The van der Waals surface area contributed by atoms with Gasteiger partial charge in [-0.15, -0.1) is 0 Å². The first-order valence-corrected chi connectivity index (χ1v) is 9.92. The van der Waals surface area contributed by atoms with Crippen LogP contribution in [0.25, 0.3) is 0 Å². The number of alkyl halides is 11. The second-order valence-corrected chi connectivity index (χ2v) is 7.08. The van der Waals surface area contributed by atoms with Crippen molar-refractivity contribution in [3.8, 4) is 0 Å². The summed E-state index contributed by atoms with van der Waals surface area (Å²) >= 11 is 0. The van der Waals surface area contributed by atoms with E-state index in [2.05, 4.69) is 48.2 Å². The van der Waals surface area contributed by atoms with E-state index in [0.29, 0.717) is 6.08 Å². The van der Waals surface area contributed by atoms with Crippen LogP contribution >= 0.6 is 0 Å². The molecule has 0 N–H and O–H groups in total.